The van der Waals surface area contributed by atoms with Crippen molar-refractivity contribution in [3.05, 3.63) is 0 Å². The second kappa shape index (κ2) is 5.67. The topological polar surface area (TPSA) is 32.3 Å². The van der Waals surface area contributed by atoms with Gasteiger partial charge in [0.1, 0.15) is 0 Å². The maximum absolute atomic E-state index is 11.8. The quantitative estimate of drug-likeness (QED) is 0.778. The van der Waals surface area contributed by atoms with E-state index in [1.165, 1.54) is 0 Å². The summed E-state index contributed by atoms with van der Waals surface area (Å²) in [6.45, 7) is 11.7. The van der Waals surface area contributed by atoms with Crippen LogP contribution in [0.4, 0.5) is 0 Å². The van der Waals surface area contributed by atoms with Gasteiger partial charge in [0.25, 0.3) is 0 Å². The average Bonchev–Trinajstić information content (AvgIpc) is 2.55. The zero-order valence-electron chi connectivity index (χ0n) is 11.3. The normalized spacial score (nSPS) is 23.6. The van der Waals surface area contributed by atoms with Crippen molar-refractivity contribution < 1.29 is 4.79 Å². The van der Waals surface area contributed by atoms with Crippen LogP contribution in [-0.2, 0) is 4.79 Å². The number of hydrogen-bond donors (Lipinski definition) is 1. The number of amides is 1. The van der Waals surface area contributed by atoms with Crippen LogP contribution in [0.3, 0.4) is 0 Å². The van der Waals surface area contributed by atoms with E-state index >= 15 is 0 Å². The van der Waals surface area contributed by atoms with E-state index in [2.05, 4.69) is 39.9 Å². The Labute approximate surface area is 99.6 Å². The molecule has 1 saturated heterocycles. The molecular formula is C13H26N2O. The Hall–Kier alpha value is -0.570. The average molecular weight is 226 g/mol. The van der Waals surface area contributed by atoms with Gasteiger partial charge in [-0.15, -0.1) is 0 Å². The number of hydrogen-bond acceptors (Lipinski definition) is 2. The molecule has 1 N–H and O–H groups in total. The van der Waals surface area contributed by atoms with Gasteiger partial charge >= 0.3 is 0 Å². The minimum Gasteiger partial charge on any atom is -0.339 e. The van der Waals surface area contributed by atoms with E-state index in [0.29, 0.717) is 36.4 Å². The van der Waals surface area contributed by atoms with E-state index in [9.17, 15) is 4.79 Å². The number of carbonyl (C=O) groups is 1. The van der Waals surface area contributed by atoms with Gasteiger partial charge in [-0.2, -0.15) is 0 Å². The molecule has 1 amide bonds. The van der Waals surface area contributed by atoms with E-state index in [1.807, 2.05) is 4.90 Å². The minimum atomic E-state index is 0.297. The molecule has 94 valence electrons. The third-order valence-electron chi connectivity index (χ3n) is 3.48. The van der Waals surface area contributed by atoms with Gasteiger partial charge in [-0.25, -0.2) is 0 Å². The van der Waals surface area contributed by atoms with Gasteiger partial charge < -0.3 is 10.2 Å². The maximum atomic E-state index is 11.8. The standard InChI is InChI=1S/C13H26N2O/c1-6-12(9(2)3)14-11-7-13(16)15(8-11)10(4)5/h9-12,14H,6-8H2,1-5H3. The molecule has 0 saturated carbocycles. The first kappa shape index (κ1) is 13.5. The first-order valence-electron chi connectivity index (χ1n) is 6.51. The first-order valence-corrected chi connectivity index (χ1v) is 6.51. The molecule has 16 heavy (non-hydrogen) atoms. The van der Waals surface area contributed by atoms with E-state index in [-0.39, 0.29) is 0 Å². The molecule has 0 radical (unpaired) electrons. The van der Waals surface area contributed by atoms with E-state index < -0.39 is 0 Å². The van der Waals surface area contributed by atoms with Gasteiger partial charge in [0, 0.05) is 31.1 Å². The van der Waals surface area contributed by atoms with Crippen LogP contribution >= 0.6 is 0 Å². The van der Waals surface area contributed by atoms with Crippen LogP contribution in [0.25, 0.3) is 0 Å². The van der Waals surface area contributed by atoms with Crippen LogP contribution in [0.5, 0.6) is 0 Å². The van der Waals surface area contributed by atoms with Crippen LogP contribution in [0, 0.1) is 5.92 Å². The van der Waals surface area contributed by atoms with Crippen molar-refractivity contribution in [3.63, 3.8) is 0 Å². The molecule has 0 spiro atoms. The Kier molecular flexibility index (Phi) is 4.78. The third kappa shape index (κ3) is 3.21. The van der Waals surface area contributed by atoms with Crippen molar-refractivity contribution in [3.8, 4) is 0 Å². The first-order chi connectivity index (χ1) is 7.45. The van der Waals surface area contributed by atoms with Crippen LogP contribution in [-0.4, -0.2) is 35.5 Å². The summed E-state index contributed by atoms with van der Waals surface area (Å²) in [7, 11) is 0. The molecule has 3 heteroatoms. The zero-order valence-corrected chi connectivity index (χ0v) is 11.3. The van der Waals surface area contributed by atoms with Gasteiger partial charge in [-0.05, 0) is 26.2 Å². The highest BCUT2D eigenvalue weighted by Gasteiger charge is 2.32. The maximum Gasteiger partial charge on any atom is 0.224 e. The van der Waals surface area contributed by atoms with Gasteiger partial charge in [0.2, 0.25) is 5.91 Å². The number of carbonyl (C=O) groups excluding carboxylic acids is 1. The Bertz CT molecular complexity index is 238. The molecule has 0 aliphatic carbocycles. The van der Waals surface area contributed by atoms with Crippen LogP contribution in [0.15, 0.2) is 0 Å². The lowest BCUT2D eigenvalue weighted by molar-refractivity contribution is -0.129. The molecule has 1 heterocycles. The number of likely N-dealkylation sites (tertiary alicyclic amines) is 1. The Balaban J connectivity index is 2.49. The smallest absolute Gasteiger partial charge is 0.224 e. The summed E-state index contributed by atoms with van der Waals surface area (Å²) in [6, 6.07) is 1.21. The van der Waals surface area contributed by atoms with E-state index in [4.69, 9.17) is 0 Å². The molecule has 0 aromatic carbocycles. The van der Waals surface area contributed by atoms with E-state index in [1.54, 1.807) is 0 Å². The predicted molar refractivity (Wildman–Crippen MR) is 67.3 cm³/mol. The van der Waals surface area contributed by atoms with Gasteiger partial charge in [-0.1, -0.05) is 20.8 Å². The fourth-order valence-electron chi connectivity index (χ4n) is 2.43. The summed E-state index contributed by atoms with van der Waals surface area (Å²) >= 11 is 0. The lowest BCUT2D eigenvalue weighted by Crippen LogP contribution is -2.43. The zero-order chi connectivity index (χ0) is 12.3. The highest BCUT2D eigenvalue weighted by Crippen LogP contribution is 2.16. The van der Waals surface area contributed by atoms with Crippen molar-refractivity contribution in [1.29, 1.82) is 0 Å². The lowest BCUT2D eigenvalue weighted by Gasteiger charge is -2.26. The largest absolute Gasteiger partial charge is 0.339 e. The van der Waals surface area contributed by atoms with Crippen molar-refractivity contribution in [2.45, 2.75) is 65.6 Å². The van der Waals surface area contributed by atoms with Crippen molar-refractivity contribution in [2.24, 2.45) is 5.92 Å². The van der Waals surface area contributed by atoms with Crippen LogP contribution in [0.2, 0.25) is 0 Å². The molecule has 3 nitrogen and oxygen atoms in total. The fourth-order valence-corrected chi connectivity index (χ4v) is 2.43. The molecule has 2 unspecified atom stereocenters. The summed E-state index contributed by atoms with van der Waals surface area (Å²) in [5, 5.41) is 3.62. The summed E-state index contributed by atoms with van der Waals surface area (Å²) in [5.74, 6) is 0.930. The molecule has 0 aromatic heterocycles. The Morgan fingerprint density at radius 1 is 1.38 bits per heavy atom. The van der Waals surface area contributed by atoms with Crippen molar-refractivity contribution in [1.82, 2.24) is 10.2 Å². The van der Waals surface area contributed by atoms with E-state index in [0.717, 1.165) is 13.0 Å². The summed E-state index contributed by atoms with van der Waals surface area (Å²) in [4.78, 5) is 13.7. The second-order valence-corrected chi connectivity index (χ2v) is 5.47. The number of nitrogens with zero attached hydrogens (tertiary/aromatic N) is 1. The Morgan fingerprint density at radius 2 is 2.00 bits per heavy atom. The molecule has 0 aromatic rings. The van der Waals surface area contributed by atoms with Crippen molar-refractivity contribution in [2.75, 3.05) is 6.54 Å². The van der Waals surface area contributed by atoms with Gasteiger partial charge in [-0.3, -0.25) is 4.79 Å². The monoisotopic (exact) mass is 226 g/mol. The molecule has 1 rings (SSSR count). The van der Waals surface area contributed by atoms with Crippen LogP contribution < -0.4 is 5.32 Å². The second-order valence-electron chi connectivity index (χ2n) is 5.47. The Morgan fingerprint density at radius 3 is 2.38 bits per heavy atom. The highest BCUT2D eigenvalue weighted by atomic mass is 16.2. The molecule has 2 atom stereocenters. The van der Waals surface area contributed by atoms with Crippen molar-refractivity contribution >= 4 is 5.91 Å². The summed E-state index contributed by atoms with van der Waals surface area (Å²) in [5.41, 5.74) is 0. The highest BCUT2D eigenvalue weighted by molar-refractivity contribution is 5.79. The van der Waals surface area contributed by atoms with Crippen LogP contribution in [0.1, 0.15) is 47.5 Å². The number of rotatable bonds is 5. The molecule has 1 aliphatic rings. The lowest BCUT2D eigenvalue weighted by atomic mass is 10.0. The molecule has 1 aliphatic heterocycles. The fraction of sp³-hybridized carbons (Fsp3) is 0.923. The van der Waals surface area contributed by atoms with Gasteiger partial charge in [0.05, 0.1) is 0 Å². The molecule has 1 fully saturated rings. The molecule has 0 bridgehead atoms. The SMILES string of the molecule is CCC(NC1CC(=O)N(C(C)C)C1)C(C)C. The number of nitrogens with one attached hydrogen (secondary N) is 1. The predicted octanol–water partition coefficient (Wildman–Crippen LogP) is 2.02. The summed E-state index contributed by atoms with van der Waals surface area (Å²) in [6.07, 6.45) is 1.80. The van der Waals surface area contributed by atoms with Gasteiger partial charge in [0.15, 0.2) is 0 Å². The minimum absolute atomic E-state index is 0.297. The third-order valence-corrected chi connectivity index (χ3v) is 3.48. The summed E-state index contributed by atoms with van der Waals surface area (Å²) < 4.78 is 0. The molecular weight excluding hydrogens is 200 g/mol.